The molecule has 1 aliphatic heterocycles. The summed E-state index contributed by atoms with van der Waals surface area (Å²) in [5.74, 6) is -2.27. The van der Waals surface area contributed by atoms with Crippen molar-refractivity contribution in [1.82, 2.24) is 15.4 Å². The lowest BCUT2D eigenvalue weighted by molar-refractivity contribution is -0.152. The van der Waals surface area contributed by atoms with Crippen molar-refractivity contribution in [2.24, 2.45) is 5.92 Å². The van der Waals surface area contributed by atoms with Gasteiger partial charge in [-0.3, -0.25) is 24.5 Å². The normalized spacial score (nSPS) is 18.4. The highest BCUT2D eigenvalue weighted by Crippen LogP contribution is 2.26. The molecule has 1 aromatic rings. The van der Waals surface area contributed by atoms with Crippen LogP contribution in [-0.2, 0) is 14.4 Å². The number of rotatable bonds is 8. The minimum absolute atomic E-state index is 0.264. The summed E-state index contributed by atoms with van der Waals surface area (Å²) in [5, 5.41) is 19.0. The van der Waals surface area contributed by atoms with Crippen LogP contribution in [0.4, 0.5) is 5.82 Å². The number of anilines is 1. The zero-order valence-electron chi connectivity index (χ0n) is 16.2. The predicted molar refractivity (Wildman–Crippen MR) is 101 cm³/mol. The van der Waals surface area contributed by atoms with Gasteiger partial charge >= 0.3 is 0 Å². The summed E-state index contributed by atoms with van der Waals surface area (Å²) >= 11 is 0. The molecule has 28 heavy (non-hydrogen) atoms. The molecule has 0 bridgehead atoms. The molecular weight excluding hydrogens is 364 g/mol. The average Bonchev–Trinajstić information content (AvgIpc) is 3.22. The number of hydroxylamine groups is 1. The summed E-state index contributed by atoms with van der Waals surface area (Å²) in [6.07, 6.45) is 2.77. The number of aliphatic hydroxyl groups is 1. The molecule has 9 heteroatoms. The van der Waals surface area contributed by atoms with Crippen LogP contribution < -0.4 is 10.4 Å². The van der Waals surface area contributed by atoms with Gasteiger partial charge in [0.05, 0.1) is 5.92 Å². The standard InChI is InChI=1S/C19H28N4O5/c1-3-4-8-13(16(24)17(25)21-28)18(26)23-12-7-9-14(23)19(27)22(2)15-10-5-6-11-20-15/h5-6,10-11,13-14,16,24,28H,3-4,7-9,12H2,1-2H3,(H,21,25). The van der Waals surface area contributed by atoms with Crippen molar-refractivity contribution in [3.63, 3.8) is 0 Å². The number of likely N-dealkylation sites (N-methyl/N-ethyl adjacent to an activating group) is 1. The second kappa shape index (κ2) is 10.1. The minimum Gasteiger partial charge on any atom is -0.382 e. The molecule has 1 aliphatic rings. The highest BCUT2D eigenvalue weighted by atomic mass is 16.5. The van der Waals surface area contributed by atoms with E-state index in [1.54, 1.807) is 31.4 Å². The van der Waals surface area contributed by atoms with E-state index >= 15 is 0 Å². The fraction of sp³-hybridized carbons (Fsp3) is 0.579. The Morgan fingerprint density at radius 1 is 1.39 bits per heavy atom. The van der Waals surface area contributed by atoms with Crippen molar-refractivity contribution < 1.29 is 24.7 Å². The van der Waals surface area contributed by atoms with Gasteiger partial charge in [0.2, 0.25) is 5.91 Å². The third-order valence-electron chi connectivity index (χ3n) is 5.09. The first-order valence-corrected chi connectivity index (χ1v) is 9.53. The van der Waals surface area contributed by atoms with Crippen LogP contribution in [0.25, 0.3) is 0 Å². The molecule has 0 aromatic carbocycles. The third-order valence-corrected chi connectivity index (χ3v) is 5.09. The van der Waals surface area contributed by atoms with E-state index in [0.717, 1.165) is 6.42 Å². The van der Waals surface area contributed by atoms with Crippen molar-refractivity contribution in [3.8, 4) is 0 Å². The van der Waals surface area contributed by atoms with Crippen LogP contribution in [-0.4, -0.2) is 63.7 Å². The minimum atomic E-state index is -1.67. The van der Waals surface area contributed by atoms with E-state index in [1.807, 2.05) is 6.92 Å². The van der Waals surface area contributed by atoms with E-state index in [1.165, 1.54) is 15.3 Å². The van der Waals surface area contributed by atoms with Crippen LogP contribution >= 0.6 is 0 Å². The van der Waals surface area contributed by atoms with E-state index in [0.29, 0.717) is 31.6 Å². The van der Waals surface area contributed by atoms with Gasteiger partial charge in [-0.25, -0.2) is 10.5 Å². The molecule has 3 atom stereocenters. The molecule has 2 rings (SSSR count). The molecule has 3 amide bonds. The van der Waals surface area contributed by atoms with Gasteiger partial charge < -0.3 is 10.0 Å². The van der Waals surface area contributed by atoms with Crippen molar-refractivity contribution in [2.45, 2.75) is 51.2 Å². The Bertz CT molecular complexity index is 684. The van der Waals surface area contributed by atoms with Crippen LogP contribution in [0.3, 0.4) is 0 Å². The van der Waals surface area contributed by atoms with Crippen LogP contribution in [0.1, 0.15) is 39.0 Å². The van der Waals surface area contributed by atoms with Crippen LogP contribution in [0.5, 0.6) is 0 Å². The van der Waals surface area contributed by atoms with Gasteiger partial charge in [0.1, 0.15) is 18.0 Å². The first kappa shape index (κ1) is 21.8. The van der Waals surface area contributed by atoms with E-state index in [2.05, 4.69) is 4.98 Å². The third kappa shape index (κ3) is 4.85. The number of aromatic nitrogens is 1. The van der Waals surface area contributed by atoms with Crippen LogP contribution in [0.2, 0.25) is 0 Å². The lowest BCUT2D eigenvalue weighted by Gasteiger charge is -2.31. The van der Waals surface area contributed by atoms with Gasteiger partial charge in [0.25, 0.3) is 11.8 Å². The zero-order valence-corrected chi connectivity index (χ0v) is 16.2. The number of carbonyl (C=O) groups is 3. The van der Waals surface area contributed by atoms with E-state index in [-0.39, 0.29) is 12.3 Å². The number of hydrogen-bond acceptors (Lipinski definition) is 6. The van der Waals surface area contributed by atoms with Gasteiger partial charge in [0, 0.05) is 19.8 Å². The maximum absolute atomic E-state index is 13.1. The summed E-state index contributed by atoms with van der Waals surface area (Å²) in [7, 11) is 1.61. The Kier molecular flexibility index (Phi) is 7.89. The fourth-order valence-electron chi connectivity index (χ4n) is 3.48. The Labute approximate surface area is 164 Å². The van der Waals surface area contributed by atoms with Crippen molar-refractivity contribution in [3.05, 3.63) is 24.4 Å². The second-order valence-electron chi connectivity index (χ2n) is 6.94. The summed E-state index contributed by atoms with van der Waals surface area (Å²) in [4.78, 5) is 44.8. The molecule has 0 saturated carbocycles. The lowest BCUT2D eigenvalue weighted by atomic mass is 9.93. The fourth-order valence-corrected chi connectivity index (χ4v) is 3.48. The summed E-state index contributed by atoms with van der Waals surface area (Å²) < 4.78 is 0. The van der Waals surface area contributed by atoms with E-state index in [4.69, 9.17) is 5.21 Å². The highest BCUT2D eigenvalue weighted by molar-refractivity contribution is 5.99. The molecule has 0 radical (unpaired) electrons. The SMILES string of the molecule is CCCCC(C(=O)N1CCCC1C(=O)N(C)c1ccccn1)C(O)C(=O)NO. The first-order chi connectivity index (χ1) is 13.4. The molecule has 3 unspecified atom stereocenters. The molecule has 1 fully saturated rings. The number of nitrogens with one attached hydrogen (secondary N) is 1. The zero-order chi connectivity index (χ0) is 20.7. The number of carbonyl (C=O) groups excluding carboxylic acids is 3. The Morgan fingerprint density at radius 3 is 2.75 bits per heavy atom. The number of pyridine rings is 1. The predicted octanol–water partition coefficient (Wildman–Crippen LogP) is 0.708. The number of likely N-dealkylation sites (tertiary alicyclic amines) is 1. The number of nitrogens with zero attached hydrogens (tertiary/aromatic N) is 3. The van der Waals surface area contributed by atoms with Crippen LogP contribution in [0, 0.1) is 5.92 Å². The first-order valence-electron chi connectivity index (χ1n) is 9.53. The number of hydrogen-bond donors (Lipinski definition) is 3. The quantitative estimate of drug-likeness (QED) is 0.442. The van der Waals surface area contributed by atoms with Gasteiger partial charge in [-0.1, -0.05) is 25.8 Å². The summed E-state index contributed by atoms with van der Waals surface area (Å²) in [6, 6.07) is 4.55. The Morgan fingerprint density at radius 2 is 2.14 bits per heavy atom. The monoisotopic (exact) mass is 392 g/mol. The maximum Gasteiger partial charge on any atom is 0.272 e. The van der Waals surface area contributed by atoms with Crippen molar-refractivity contribution in [1.29, 1.82) is 0 Å². The summed E-state index contributed by atoms with van der Waals surface area (Å²) in [5.41, 5.74) is 1.40. The lowest BCUT2D eigenvalue weighted by Crippen LogP contribution is -2.52. The number of unbranched alkanes of at least 4 members (excludes halogenated alkanes) is 1. The van der Waals surface area contributed by atoms with E-state index in [9.17, 15) is 19.5 Å². The highest BCUT2D eigenvalue weighted by Gasteiger charge is 2.41. The molecular formula is C19H28N4O5. The van der Waals surface area contributed by atoms with Gasteiger partial charge in [-0.2, -0.15) is 0 Å². The van der Waals surface area contributed by atoms with E-state index < -0.39 is 29.9 Å². The maximum atomic E-state index is 13.1. The molecule has 3 N–H and O–H groups in total. The van der Waals surface area contributed by atoms with Gasteiger partial charge in [-0.15, -0.1) is 0 Å². The molecule has 2 heterocycles. The molecule has 0 aliphatic carbocycles. The Balaban J connectivity index is 2.19. The average molecular weight is 392 g/mol. The number of amides is 3. The topological polar surface area (TPSA) is 123 Å². The summed E-state index contributed by atoms with van der Waals surface area (Å²) in [6.45, 7) is 2.31. The molecule has 1 saturated heterocycles. The molecule has 154 valence electrons. The van der Waals surface area contributed by atoms with Crippen molar-refractivity contribution >= 4 is 23.5 Å². The smallest absolute Gasteiger partial charge is 0.272 e. The second-order valence-corrected chi connectivity index (χ2v) is 6.94. The Hall–Kier alpha value is -2.52. The molecule has 0 spiro atoms. The largest absolute Gasteiger partial charge is 0.382 e. The molecule has 1 aromatic heterocycles. The van der Waals surface area contributed by atoms with Crippen molar-refractivity contribution in [2.75, 3.05) is 18.5 Å². The van der Waals surface area contributed by atoms with Crippen LogP contribution in [0.15, 0.2) is 24.4 Å². The molecule has 9 nitrogen and oxygen atoms in total. The van der Waals surface area contributed by atoms with Gasteiger partial charge in [0.15, 0.2) is 0 Å². The van der Waals surface area contributed by atoms with Gasteiger partial charge in [-0.05, 0) is 31.4 Å². The number of aliphatic hydroxyl groups excluding tert-OH is 1.